The van der Waals surface area contributed by atoms with Crippen molar-refractivity contribution >= 4 is 27.7 Å². The predicted molar refractivity (Wildman–Crippen MR) is 97.0 cm³/mol. The molecule has 1 N–H and O–H groups in total. The van der Waals surface area contributed by atoms with Crippen LogP contribution in [-0.4, -0.2) is 29.8 Å². The standard InChI is InChI=1S/C19H19BrN2O2/c1-2-17(13-7-9-14(20)10-8-13)21-11-12-22-18(23)15-5-3-4-6-16(15)19(22)24/h3-10,17,21H,2,11-12H2,1H3/t17-/m0/s1. The molecule has 0 spiro atoms. The maximum atomic E-state index is 12.3. The summed E-state index contributed by atoms with van der Waals surface area (Å²) in [5.41, 5.74) is 2.20. The third-order valence-corrected chi connectivity index (χ3v) is 4.81. The molecule has 1 atom stereocenters. The van der Waals surface area contributed by atoms with E-state index in [1.807, 2.05) is 12.1 Å². The Morgan fingerprint density at radius 2 is 1.58 bits per heavy atom. The van der Waals surface area contributed by atoms with Gasteiger partial charge in [-0.05, 0) is 36.2 Å². The number of nitrogens with one attached hydrogen (secondary N) is 1. The zero-order valence-electron chi connectivity index (χ0n) is 13.5. The second-order valence-electron chi connectivity index (χ2n) is 5.77. The van der Waals surface area contributed by atoms with Crippen LogP contribution in [0.5, 0.6) is 0 Å². The van der Waals surface area contributed by atoms with Crippen molar-refractivity contribution in [1.82, 2.24) is 10.2 Å². The van der Waals surface area contributed by atoms with Crippen LogP contribution < -0.4 is 5.32 Å². The van der Waals surface area contributed by atoms with Gasteiger partial charge in [0.2, 0.25) is 0 Å². The molecule has 0 radical (unpaired) electrons. The molecular weight excluding hydrogens is 368 g/mol. The molecule has 2 amide bonds. The number of rotatable bonds is 6. The molecule has 1 aliphatic heterocycles. The van der Waals surface area contributed by atoms with Gasteiger partial charge >= 0.3 is 0 Å². The lowest BCUT2D eigenvalue weighted by Crippen LogP contribution is -2.37. The number of nitrogens with zero attached hydrogens (tertiary/aromatic N) is 1. The minimum atomic E-state index is -0.200. The third kappa shape index (κ3) is 3.28. The molecule has 3 rings (SSSR count). The lowest BCUT2D eigenvalue weighted by molar-refractivity contribution is 0.0654. The first-order valence-electron chi connectivity index (χ1n) is 8.06. The van der Waals surface area contributed by atoms with Crippen LogP contribution in [-0.2, 0) is 0 Å². The lowest BCUT2D eigenvalue weighted by atomic mass is 10.0. The molecular formula is C19H19BrN2O2. The van der Waals surface area contributed by atoms with Gasteiger partial charge in [0.15, 0.2) is 0 Å². The summed E-state index contributed by atoms with van der Waals surface area (Å²) in [6.45, 7) is 3.06. The third-order valence-electron chi connectivity index (χ3n) is 4.28. The molecule has 124 valence electrons. The quantitative estimate of drug-likeness (QED) is 0.768. The summed E-state index contributed by atoms with van der Waals surface area (Å²) in [6.07, 6.45) is 0.934. The summed E-state index contributed by atoms with van der Waals surface area (Å²) in [7, 11) is 0. The molecule has 0 aliphatic carbocycles. The van der Waals surface area contributed by atoms with Crippen LogP contribution in [0.3, 0.4) is 0 Å². The average molecular weight is 387 g/mol. The van der Waals surface area contributed by atoms with Crippen molar-refractivity contribution < 1.29 is 9.59 Å². The van der Waals surface area contributed by atoms with E-state index in [4.69, 9.17) is 0 Å². The highest BCUT2D eigenvalue weighted by molar-refractivity contribution is 9.10. The normalized spacial score (nSPS) is 14.8. The molecule has 0 bridgehead atoms. The van der Waals surface area contributed by atoms with Crippen molar-refractivity contribution in [1.29, 1.82) is 0 Å². The zero-order valence-corrected chi connectivity index (χ0v) is 15.0. The van der Waals surface area contributed by atoms with E-state index in [2.05, 4.69) is 40.3 Å². The van der Waals surface area contributed by atoms with Crippen molar-refractivity contribution in [2.75, 3.05) is 13.1 Å². The predicted octanol–water partition coefficient (Wildman–Crippen LogP) is 3.79. The zero-order chi connectivity index (χ0) is 17.1. The number of imide groups is 1. The summed E-state index contributed by atoms with van der Waals surface area (Å²) in [5.74, 6) is -0.400. The fourth-order valence-electron chi connectivity index (χ4n) is 2.99. The van der Waals surface area contributed by atoms with Crippen LogP contribution in [0.25, 0.3) is 0 Å². The summed E-state index contributed by atoms with van der Waals surface area (Å²) >= 11 is 3.44. The Kier molecular flexibility index (Phi) is 5.11. The highest BCUT2D eigenvalue weighted by atomic mass is 79.9. The highest BCUT2D eigenvalue weighted by Gasteiger charge is 2.34. The van der Waals surface area contributed by atoms with Crippen LogP contribution in [0.4, 0.5) is 0 Å². The fraction of sp³-hybridized carbons (Fsp3) is 0.263. The Balaban J connectivity index is 1.61. The minimum Gasteiger partial charge on any atom is -0.308 e. The molecule has 2 aromatic rings. The Morgan fingerprint density at radius 3 is 2.12 bits per heavy atom. The van der Waals surface area contributed by atoms with Crippen molar-refractivity contribution in [2.24, 2.45) is 0 Å². The topological polar surface area (TPSA) is 49.4 Å². The minimum absolute atomic E-state index is 0.200. The Bertz CT molecular complexity index is 723. The molecule has 1 aliphatic rings. The van der Waals surface area contributed by atoms with Crippen LogP contribution >= 0.6 is 15.9 Å². The maximum Gasteiger partial charge on any atom is 0.261 e. The molecule has 4 nitrogen and oxygen atoms in total. The maximum absolute atomic E-state index is 12.3. The number of hydrogen-bond acceptors (Lipinski definition) is 3. The van der Waals surface area contributed by atoms with Crippen molar-refractivity contribution in [3.8, 4) is 0 Å². The number of amides is 2. The van der Waals surface area contributed by atoms with Gasteiger partial charge < -0.3 is 5.32 Å². The summed E-state index contributed by atoms with van der Waals surface area (Å²) in [6, 6.07) is 15.4. The second kappa shape index (κ2) is 7.28. The molecule has 0 saturated carbocycles. The number of halogens is 1. The molecule has 2 aromatic carbocycles. The summed E-state index contributed by atoms with van der Waals surface area (Å²) in [5, 5.41) is 3.44. The summed E-state index contributed by atoms with van der Waals surface area (Å²) in [4.78, 5) is 26.0. The van der Waals surface area contributed by atoms with Crippen LogP contribution in [0.15, 0.2) is 53.0 Å². The number of hydrogen-bond donors (Lipinski definition) is 1. The van der Waals surface area contributed by atoms with Gasteiger partial charge in [0.05, 0.1) is 11.1 Å². The van der Waals surface area contributed by atoms with Gasteiger partial charge in [-0.1, -0.05) is 47.1 Å². The van der Waals surface area contributed by atoms with E-state index >= 15 is 0 Å². The second-order valence-corrected chi connectivity index (χ2v) is 6.69. The Labute approximate surface area is 150 Å². The van der Waals surface area contributed by atoms with E-state index in [1.165, 1.54) is 10.5 Å². The van der Waals surface area contributed by atoms with E-state index < -0.39 is 0 Å². The van der Waals surface area contributed by atoms with Gasteiger partial charge in [-0.25, -0.2) is 0 Å². The largest absolute Gasteiger partial charge is 0.308 e. The van der Waals surface area contributed by atoms with E-state index in [-0.39, 0.29) is 17.9 Å². The van der Waals surface area contributed by atoms with E-state index in [9.17, 15) is 9.59 Å². The van der Waals surface area contributed by atoms with Crippen LogP contribution in [0.1, 0.15) is 45.7 Å². The van der Waals surface area contributed by atoms with Gasteiger partial charge in [0.25, 0.3) is 11.8 Å². The number of carbonyl (C=O) groups excluding carboxylic acids is 2. The number of benzene rings is 2. The molecule has 1 heterocycles. The first kappa shape index (κ1) is 16.9. The first-order chi connectivity index (χ1) is 11.6. The molecule has 0 aromatic heterocycles. The molecule has 0 fully saturated rings. The van der Waals surface area contributed by atoms with Gasteiger partial charge in [-0.2, -0.15) is 0 Å². The Morgan fingerprint density at radius 1 is 1.00 bits per heavy atom. The molecule has 0 unspecified atom stereocenters. The van der Waals surface area contributed by atoms with E-state index in [0.29, 0.717) is 24.2 Å². The average Bonchev–Trinajstić information content (AvgIpc) is 2.85. The lowest BCUT2D eigenvalue weighted by Gasteiger charge is -2.20. The first-order valence-corrected chi connectivity index (χ1v) is 8.85. The van der Waals surface area contributed by atoms with E-state index in [0.717, 1.165) is 10.9 Å². The van der Waals surface area contributed by atoms with Crippen molar-refractivity contribution in [3.63, 3.8) is 0 Å². The van der Waals surface area contributed by atoms with E-state index in [1.54, 1.807) is 24.3 Å². The smallest absolute Gasteiger partial charge is 0.261 e. The summed E-state index contributed by atoms with van der Waals surface area (Å²) < 4.78 is 1.05. The molecule has 24 heavy (non-hydrogen) atoms. The highest BCUT2D eigenvalue weighted by Crippen LogP contribution is 2.22. The Hall–Kier alpha value is -1.98. The van der Waals surface area contributed by atoms with Gasteiger partial charge in [-0.3, -0.25) is 14.5 Å². The SMILES string of the molecule is CC[C@H](NCCN1C(=O)c2ccccc2C1=O)c1ccc(Br)cc1. The van der Waals surface area contributed by atoms with Crippen molar-refractivity contribution in [3.05, 3.63) is 69.7 Å². The molecule has 0 saturated heterocycles. The monoisotopic (exact) mass is 386 g/mol. The van der Waals surface area contributed by atoms with Gasteiger partial charge in [0.1, 0.15) is 0 Å². The number of fused-ring (bicyclic) bond motifs is 1. The van der Waals surface area contributed by atoms with Crippen molar-refractivity contribution in [2.45, 2.75) is 19.4 Å². The fourth-order valence-corrected chi connectivity index (χ4v) is 3.25. The van der Waals surface area contributed by atoms with Crippen LogP contribution in [0, 0.1) is 0 Å². The number of carbonyl (C=O) groups is 2. The van der Waals surface area contributed by atoms with Crippen LogP contribution in [0.2, 0.25) is 0 Å². The molecule has 5 heteroatoms. The van der Waals surface area contributed by atoms with Gasteiger partial charge in [0, 0.05) is 23.6 Å². The van der Waals surface area contributed by atoms with Gasteiger partial charge in [-0.15, -0.1) is 0 Å².